The maximum absolute atomic E-state index is 12.1. The number of aliphatic hydroxyl groups is 1. The Bertz CT molecular complexity index is 531. The highest BCUT2D eigenvalue weighted by Gasteiger charge is 2.21. The molecule has 22 heavy (non-hydrogen) atoms. The largest absolute Gasteiger partial charge is 0.493 e. The number of carbonyl (C=O) groups excluding carboxylic acids is 1. The molecule has 1 aromatic rings. The van der Waals surface area contributed by atoms with Crippen LogP contribution in [0, 0.1) is 0 Å². The first-order chi connectivity index (χ1) is 10.5. The summed E-state index contributed by atoms with van der Waals surface area (Å²) < 4.78 is 11.1. The molecule has 0 bridgehead atoms. The van der Waals surface area contributed by atoms with Crippen molar-refractivity contribution < 1.29 is 19.4 Å². The molecule has 0 atom stereocenters. The van der Waals surface area contributed by atoms with Crippen LogP contribution >= 0.6 is 15.9 Å². The van der Waals surface area contributed by atoms with E-state index in [1.807, 2.05) is 0 Å². The van der Waals surface area contributed by atoms with E-state index in [9.17, 15) is 9.90 Å². The number of methoxy groups -OCH3 is 2. The standard InChI is InChI=1S/C15H21BrN2O4/c1-21-13-7-11(16)12(8-14(13)22-2)18-15(20)17-9-3-5-10(19)6-4-9/h7-10,19H,3-6H2,1-2H3,(H2,17,18,20). The zero-order chi connectivity index (χ0) is 16.1. The topological polar surface area (TPSA) is 79.8 Å². The van der Waals surface area contributed by atoms with Crippen LogP contribution in [0.25, 0.3) is 0 Å². The molecule has 7 heteroatoms. The first-order valence-electron chi connectivity index (χ1n) is 7.20. The lowest BCUT2D eigenvalue weighted by molar-refractivity contribution is 0.118. The quantitative estimate of drug-likeness (QED) is 0.758. The van der Waals surface area contributed by atoms with E-state index in [-0.39, 0.29) is 18.2 Å². The highest BCUT2D eigenvalue weighted by atomic mass is 79.9. The second kappa shape index (κ2) is 7.69. The van der Waals surface area contributed by atoms with Crippen molar-refractivity contribution in [3.8, 4) is 11.5 Å². The van der Waals surface area contributed by atoms with Crippen LogP contribution in [0.1, 0.15) is 25.7 Å². The van der Waals surface area contributed by atoms with Crippen molar-refractivity contribution in [3.05, 3.63) is 16.6 Å². The van der Waals surface area contributed by atoms with Gasteiger partial charge >= 0.3 is 6.03 Å². The predicted molar refractivity (Wildman–Crippen MR) is 87.7 cm³/mol. The van der Waals surface area contributed by atoms with Crippen molar-refractivity contribution in [2.75, 3.05) is 19.5 Å². The maximum atomic E-state index is 12.1. The van der Waals surface area contributed by atoms with Crippen LogP contribution in [0.5, 0.6) is 11.5 Å². The van der Waals surface area contributed by atoms with Crippen LogP contribution in [0.15, 0.2) is 16.6 Å². The van der Waals surface area contributed by atoms with Gasteiger partial charge in [0.25, 0.3) is 0 Å². The van der Waals surface area contributed by atoms with E-state index in [1.165, 1.54) is 0 Å². The Kier molecular flexibility index (Phi) is 5.90. The zero-order valence-electron chi connectivity index (χ0n) is 12.7. The molecule has 0 radical (unpaired) electrons. The third-order valence-corrected chi connectivity index (χ3v) is 4.41. The Labute approximate surface area is 138 Å². The molecule has 1 fully saturated rings. The van der Waals surface area contributed by atoms with Gasteiger partial charge in [-0.25, -0.2) is 4.79 Å². The van der Waals surface area contributed by atoms with Gasteiger partial charge in [0.2, 0.25) is 0 Å². The number of carbonyl (C=O) groups is 1. The molecule has 1 aromatic carbocycles. The Balaban J connectivity index is 1.99. The minimum Gasteiger partial charge on any atom is -0.493 e. The van der Waals surface area contributed by atoms with Gasteiger partial charge in [-0.05, 0) is 41.6 Å². The summed E-state index contributed by atoms with van der Waals surface area (Å²) in [6.45, 7) is 0. The van der Waals surface area contributed by atoms with Crippen LogP contribution in [-0.4, -0.2) is 37.5 Å². The van der Waals surface area contributed by atoms with Gasteiger partial charge < -0.3 is 25.2 Å². The third-order valence-electron chi connectivity index (χ3n) is 3.75. The number of rotatable bonds is 4. The van der Waals surface area contributed by atoms with E-state index in [1.54, 1.807) is 26.4 Å². The number of ether oxygens (including phenoxy) is 2. The number of hydrogen-bond acceptors (Lipinski definition) is 4. The Hall–Kier alpha value is -1.47. The Morgan fingerprint density at radius 2 is 1.77 bits per heavy atom. The number of halogens is 1. The summed E-state index contributed by atoms with van der Waals surface area (Å²) in [6, 6.07) is 3.27. The summed E-state index contributed by atoms with van der Waals surface area (Å²) in [5.74, 6) is 1.13. The smallest absolute Gasteiger partial charge is 0.319 e. The molecule has 2 amide bonds. The van der Waals surface area contributed by atoms with E-state index in [2.05, 4.69) is 26.6 Å². The summed E-state index contributed by atoms with van der Waals surface area (Å²) in [7, 11) is 3.10. The average molecular weight is 373 g/mol. The monoisotopic (exact) mass is 372 g/mol. The lowest BCUT2D eigenvalue weighted by atomic mass is 9.93. The summed E-state index contributed by atoms with van der Waals surface area (Å²) in [5, 5.41) is 15.2. The molecule has 122 valence electrons. The molecular formula is C15H21BrN2O4. The molecule has 1 aliphatic carbocycles. The predicted octanol–water partition coefficient (Wildman–Crippen LogP) is 2.89. The Morgan fingerprint density at radius 3 is 2.36 bits per heavy atom. The number of amides is 2. The van der Waals surface area contributed by atoms with Gasteiger partial charge in [-0.3, -0.25) is 0 Å². The normalized spacial score (nSPS) is 21.1. The molecule has 1 aliphatic rings. The van der Waals surface area contributed by atoms with Gasteiger partial charge in [-0.15, -0.1) is 0 Å². The second-order valence-corrected chi connectivity index (χ2v) is 6.15. The highest BCUT2D eigenvalue weighted by molar-refractivity contribution is 9.10. The second-order valence-electron chi connectivity index (χ2n) is 5.29. The number of aliphatic hydroxyl groups excluding tert-OH is 1. The van der Waals surface area contributed by atoms with Gasteiger partial charge in [-0.2, -0.15) is 0 Å². The van der Waals surface area contributed by atoms with Crippen molar-refractivity contribution in [2.45, 2.75) is 37.8 Å². The minimum absolute atomic E-state index is 0.0994. The van der Waals surface area contributed by atoms with E-state index in [0.29, 0.717) is 21.7 Å². The van der Waals surface area contributed by atoms with Crippen molar-refractivity contribution in [1.82, 2.24) is 5.32 Å². The molecule has 2 rings (SSSR count). The summed E-state index contributed by atoms with van der Waals surface area (Å²) >= 11 is 3.40. The van der Waals surface area contributed by atoms with Crippen LogP contribution in [0.4, 0.5) is 10.5 Å². The first kappa shape index (κ1) is 16.9. The minimum atomic E-state index is -0.269. The van der Waals surface area contributed by atoms with Gasteiger partial charge in [0.05, 0.1) is 26.0 Å². The molecule has 0 aliphatic heterocycles. The molecule has 0 unspecified atom stereocenters. The van der Waals surface area contributed by atoms with E-state index < -0.39 is 0 Å². The van der Waals surface area contributed by atoms with E-state index in [4.69, 9.17) is 9.47 Å². The number of hydrogen-bond donors (Lipinski definition) is 3. The number of anilines is 1. The summed E-state index contributed by atoms with van der Waals surface area (Å²) in [5.41, 5.74) is 0.603. The van der Waals surface area contributed by atoms with Crippen molar-refractivity contribution in [3.63, 3.8) is 0 Å². The van der Waals surface area contributed by atoms with E-state index in [0.717, 1.165) is 25.7 Å². The fraction of sp³-hybridized carbons (Fsp3) is 0.533. The summed E-state index contributed by atoms with van der Waals surface area (Å²) in [4.78, 5) is 12.1. The van der Waals surface area contributed by atoms with Gasteiger partial charge in [0, 0.05) is 22.6 Å². The lowest BCUT2D eigenvalue weighted by Crippen LogP contribution is -2.40. The van der Waals surface area contributed by atoms with Crippen LogP contribution in [0.3, 0.4) is 0 Å². The highest BCUT2D eigenvalue weighted by Crippen LogP contribution is 2.36. The van der Waals surface area contributed by atoms with E-state index >= 15 is 0 Å². The molecule has 6 nitrogen and oxygen atoms in total. The molecule has 0 saturated heterocycles. The molecule has 1 saturated carbocycles. The maximum Gasteiger partial charge on any atom is 0.319 e. The van der Waals surface area contributed by atoms with Gasteiger partial charge in [-0.1, -0.05) is 0 Å². The number of benzene rings is 1. The fourth-order valence-electron chi connectivity index (χ4n) is 2.51. The molecule has 0 spiro atoms. The lowest BCUT2D eigenvalue weighted by Gasteiger charge is -2.26. The fourth-order valence-corrected chi connectivity index (χ4v) is 2.94. The molecule has 0 aromatic heterocycles. The molecule has 0 heterocycles. The average Bonchev–Trinajstić information content (AvgIpc) is 2.51. The Morgan fingerprint density at radius 1 is 1.18 bits per heavy atom. The molecule has 3 N–H and O–H groups in total. The first-order valence-corrected chi connectivity index (χ1v) is 8.00. The van der Waals surface area contributed by atoms with Crippen LogP contribution < -0.4 is 20.1 Å². The van der Waals surface area contributed by atoms with Crippen molar-refractivity contribution in [2.24, 2.45) is 0 Å². The summed E-state index contributed by atoms with van der Waals surface area (Å²) in [6.07, 6.45) is 2.81. The zero-order valence-corrected chi connectivity index (χ0v) is 14.3. The van der Waals surface area contributed by atoms with Crippen molar-refractivity contribution >= 4 is 27.6 Å². The molecular weight excluding hydrogens is 352 g/mol. The number of nitrogens with one attached hydrogen (secondary N) is 2. The van der Waals surface area contributed by atoms with Crippen LogP contribution in [0.2, 0.25) is 0 Å². The van der Waals surface area contributed by atoms with Gasteiger partial charge in [0.15, 0.2) is 11.5 Å². The SMILES string of the molecule is COc1cc(Br)c(NC(=O)NC2CCC(O)CC2)cc1OC. The number of urea groups is 1. The van der Waals surface area contributed by atoms with Crippen molar-refractivity contribution in [1.29, 1.82) is 0 Å². The van der Waals surface area contributed by atoms with Gasteiger partial charge in [0.1, 0.15) is 0 Å². The third kappa shape index (κ3) is 4.27. The van der Waals surface area contributed by atoms with Crippen LogP contribution in [-0.2, 0) is 0 Å².